The number of rotatable bonds is 6. The second kappa shape index (κ2) is 7.65. The van der Waals surface area contributed by atoms with Crippen molar-refractivity contribution in [2.45, 2.75) is 4.90 Å². The average Bonchev–Trinajstić information content (AvgIpc) is 3.17. The van der Waals surface area contributed by atoms with Crippen molar-refractivity contribution in [2.24, 2.45) is 0 Å². The third-order valence-corrected chi connectivity index (χ3v) is 7.03. The number of ketones is 1. The molecular formula is C17H20N2O4S2. The molecule has 0 atom stereocenters. The molecule has 0 bridgehead atoms. The van der Waals surface area contributed by atoms with Gasteiger partial charge in [0.25, 0.3) is 0 Å². The fraction of sp³-hybridized carbons (Fsp3) is 0.353. The number of nitrogens with zero attached hydrogens (tertiary/aromatic N) is 2. The highest BCUT2D eigenvalue weighted by Crippen LogP contribution is 2.26. The zero-order valence-electron chi connectivity index (χ0n) is 13.9. The molecule has 1 aliphatic rings. The number of benzene rings is 1. The maximum atomic E-state index is 12.8. The van der Waals surface area contributed by atoms with Crippen molar-refractivity contribution >= 4 is 27.1 Å². The van der Waals surface area contributed by atoms with E-state index in [4.69, 9.17) is 4.74 Å². The maximum absolute atomic E-state index is 12.8. The molecule has 0 aliphatic carbocycles. The smallest absolute Gasteiger partial charge is 0.246 e. The van der Waals surface area contributed by atoms with E-state index in [9.17, 15) is 13.2 Å². The molecule has 0 amide bonds. The van der Waals surface area contributed by atoms with Gasteiger partial charge in [0, 0.05) is 26.2 Å². The second-order valence-electron chi connectivity index (χ2n) is 5.73. The van der Waals surface area contributed by atoms with Crippen LogP contribution in [-0.4, -0.2) is 63.2 Å². The van der Waals surface area contributed by atoms with Crippen LogP contribution in [0.2, 0.25) is 0 Å². The number of piperazine rings is 1. The SMILES string of the molecule is COc1ccccc1S(=O)(=O)N1CCN(CC(=O)c2cccs2)CC1. The summed E-state index contributed by atoms with van der Waals surface area (Å²) in [5.41, 5.74) is 0. The normalized spacial score (nSPS) is 16.7. The first-order valence-corrected chi connectivity index (χ1v) is 10.3. The Hall–Kier alpha value is -1.74. The number of methoxy groups -OCH3 is 1. The Morgan fingerprint density at radius 1 is 1.12 bits per heavy atom. The van der Waals surface area contributed by atoms with Gasteiger partial charge in [0.15, 0.2) is 5.78 Å². The molecule has 1 aromatic heterocycles. The van der Waals surface area contributed by atoms with Crippen molar-refractivity contribution in [1.29, 1.82) is 0 Å². The predicted octanol–water partition coefficient (Wildman–Crippen LogP) is 1.95. The fourth-order valence-electron chi connectivity index (χ4n) is 2.82. The van der Waals surface area contributed by atoms with Gasteiger partial charge in [0.1, 0.15) is 10.6 Å². The zero-order valence-corrected chi connectivity index (χ0v) is 15.6. The Balaban J connectivity index is 1.64. The minimum absolute atomic E-state index is 0.0797. The lowest BCUT2D eigenvalue weighted by molar-refractivity contribution is 0.0905. The molecule has 3 rings (SSSR count). The summed E-state index contributed by atoms with van der Waals surface area (Å²) in [4.78, 5) is 15.1. The van der Waals surface area contributed by atoms with Gasteiger partial charge in [-0.15, -0.1) is 11.3 Å². The number of hydrogen-bond donors (Lipinski definition) is 0. The van der Waals surface area contributed by atoms with Crippen molar-refractivity contribution < 1.29 is 17.9 Å². The standard InChI is InChI=1S/C17H20N2O4S2/c1-23-15-5-2-3-7-17(15)25(21,22)19-10-8-18(9-11-19)13-14(20)16-6-4-12-24-16/h2-7,12H,8-11,13H2,1H3. The summed E-state index contributed by atoms with van der Waals surface area (Å²) in [6.07, 6.45) is 0. The van der Waals surface area contributed by atoms with Gasteiger partial charge in [-0.25, -0.2) is 8.42 Å². The van der Waals surface area contributed by atoms with Crippen LogP contribution in [0.3, 0.4) is 0 Å². The van der Waals surface area contributed by atoms with E-state index in [1.807, 2.05) is 22.4 Å². The molecule has 1 aromatic carbocycles. The van der Waals surface area contributed by atoms with Crippen LogP contribution in [0.25, 0.3) is 0 Å². The first-order valence-electron chi connectivity index (χ1n) is 7.94. The topological polar surface area (TPSA) is 66.9 Å². The van der Waals surface area contributed by atoms with E-state index in [0.29, 0.717) is 38.5 Å². The minimum Gasteiger partial charge on any atom is -0.495 e. The number of ether oxygens (including phenoxy) is 1. The van der Waals surface area contributed by atoms with E-state index in [1.54, 1.807) is 24.3 Å². The second-order valence-corrected chi connectivity index (χ2v) is 8.59. The van der Waals surface area contributed by atoms with Crippen molar-refractivity contribution in [2.75, 3.05) is 39.8 Å². The molecule has 0 N–H and O–H groups in total. The van der Waals surface area contributed by atoms with Gasteiger partial charge in [0.05, 0.1) is 18.5 Å². The van der Waals surface area contributed by atoms with Crippen LogP contribution in [0.5, 0.6) is 5.75 Å². The van der Waals surface area contributed by atoms with E-state index >= 15 is 0 Å². The van der Waals surface area contributed by atoms with Crippen molar-refractivity contribution in [3.8, 4) is 5.75 Å². The minimum atomic E-state index is -3.60. The van der Waals surface area contributed by atoms with Crippen LogP contribution in [0, 0.1) is 0 Å². The molecule has 6 nitrogen and oxygen atoms in total. The average molecular weight is 380 g/mol. The van der Waals surface area contributed by atoms with Crippen LogP contribution in [0.15, 0.2) is 46.7 Å². The Morgan fingerprint density at radius 3 is 2.48 bits per heavy atom. The van der Waals surface area contributed by atoms with Gasteiger partial charge in [-0.2, -0.15) is 4.31 Å². The van der Waals surface area contributed by atoms with E-state index in [2.05, 4.69) is 0 Å². The number of hydrogen-bond acceptors (Lipinski definition) is 6. The summed E-state index contributed by atoms with van der Waals surface area (Å²) in [6, 6.07) is 10.3. The number of para-hydroxylation sites is 1. The summed E-state index contributed by atoms with van der Waals surface area (Å²) in [6.45, 7) is 2.11. The predicted molar refractivity (Wildman–Crippen MR) is 96.8 cm³/mol. The third kappa shape index (κ3) is 3.92. The summed E-state index contributed by atoms with van der Waals surface area (Å²) < 4.78 is 32.3. The lowest BCUT2D eigenvalue weighted by Crippen LogP contribution is -2.49. The van der Waals surface area contributed by atoms with Crippen LogP contribution in [-0.2, 0) is 10.0 Å². The lowest BCUT2D eigenvalue weighted by Gasteiger charge is -2.33. The molecule has 1 saturated heterocycles. The monoisotopic (exact) mass is 380 g/mol. The van der Waals surface area contributed by atoms with Crippen LogP contribution in [0.1, 0.15) is 9.67 Å². The Kier molecular flexibility index (Phi) is 5.53. The number of thiophene rings is 1. The van der Waals surface area contributed by atoms with E-state index < -0.39 is 10.0 Å². The van der Waals surface area contributed by atoms with E-state index in [0.717, 1.165) is 4.88 Å². The van der Waals surface area contributed by atoms with Crippen LogP contribution < -0.4 is 4.74 Å². The highest BCUT2D eigenvalue weighted by atomic mass is 32.2. The molecule has 0 spiro atoms. The number of sulfonamides is 1. The van der Waals surface area contributed by atoms with Gasteiger partial charge in [-0.1, -0.05) is 18.2 Å². The van der Waals surface area contributed by atoms with Crippen LogP contribution >= 0.6 is 11.3 Å². The van der Waals surface area contributed by atoms with Crippen molar-refractivity contribution in [3.63, 3.8) is 0 Å². The zero-order chi connectivity index (χ0) is 17.9. The maximum Gasteiger partial charge on any atom is 0.246 e. The molecule has 134 valence electrons. The molecule has 25 heavy (non-hydrogen) atoms. The van der Waals surface area contributed by atoms with Crippen LogP contribution in [0.4, 0.5) is 0 Å². The quantitative estimate of drug-likeness (QED) is 0.717. The van der Waals surface area contributed by atoms with Crippen molar-refractivity contribution in [3.05, 3.63) is 46.7 Å². The lowest BCUT2D eigenvalue weighted by atomic mass is 10.2. The van der Waals surface area contributed by atoms with E-state index in [-0.39, 0.29) is 10.7 Å². The molecule has 2 aromatic rings. The molecule has 0 unspecified atom stereocenters. The van der Waals surface area contributed by atoms with E-state index in [1.165, 1.54) is 22.8 Å². The Morgan fingerprint density at radius 2 is 1.84 bits per heavy atom. The summed E-state index contributed by atoms with van der Waals surface area (Å²) in [5, 5.41) is 1.88. The molecule has 1 fully saturated rings. The number of carbonyl (C=O) groups is 1. The van der Waals surface area contributed by atoms with Gasteiger partial charge in [-0.3, -0.25) is 9.69 Å². The molecule has 8 heteroatoms. The molecule has 2 heterocycles. The highest BCUT2D eigenvalue weighted by Gasteiger charge is 2.31. The number of carbonyl (C=O) groups excluding carboxylic acids is 1. The first kappa shape index (κ1) is 18.1. The molecular weight excluding hydrogens is 360 g/mol. The molecule has 0 saturated carbocycles. The molecule has 0 radical (unpaired) electrons. The first-order chi connectivity index (χ1) is 12.0. The summed E-state index contributed by atoms with van der Waals surface area (Å²) >= 11 is 1.43. The van der Waals surface area contributed by atoms with Gasteiger partial charge < -0.3 is 4.74 Å². The summed E-state index contributed by atoms with van der Waals surface area (Å²) in [5.74, 6) is 0.425. The third-order valence-electron chi connectivity index (χ3n) is 4.18. The van der Waals surface area contributed by atoms with Gasteiger partial charge in [0.2, 0.25) is 10.0 Å². The Labute approximate surface area is 151 Å². The number of Topliss-reactive ketones (excluding diaryl/α,β-unsaturated/α-hetero) is 1. The highest BCUT2D eigenvalue weighted by molar-refractivity contribution is 7.89. The fourth-order valence-corrected chi connectivity index (χ4v) is 5.05. The largest absolute Gasteiger partial charge is 0.495 e. The summed E-state index contributed by atoms with van der Waals surface area (Å²) in [7, 11) is -2.14. The molecule has 1 aliphatic heterocycles. The van der Waals surface area contributed by atoms with Crippen molar-refractivity contribution in [1.82, 2.24) is 9.21 Å². The Bertz CT molecular complexity index is 826. The van der Waals surface area contributed by atoms with Gasteiger partial charge >= 0.3 is 0 Å². The van der Waals surface area contributed by atoms with Gasteiger partial charge in [-0.05, 0) is 23.6 Å².